The van der Waals surface area contributed by atoms with Gasteiger partial charge in [0.25, 0.3) is 11.8 Å². The van der Waals surface area contributed by atoms with Crippen molar-refractivity contribution in [2.75, 3.05) is 18.6 Å². The molecule has 28 heavy (non-hydrogen) atoms. The number of guanidine groups is 1. The molecule has 0 saturated heterocycles. The highest BCUT2D eigenvalue weighted by Crippen LogP contribution is 2.47. The Hall–Kier alpha value is -3.23. The van der Waals surface area contributed by atoms with Crippen LogP contribution < -0.4 is 10.6 Å². The lowest BCUT2D eigenvalue weighted by molar-refractivity contribution is -0.147. The Bertz CT molecular complexity index is 931. The smallest absolute Gasteiger partial charge is 0.275 e. The molecule has 0 radical (unpaired) electrons. The van der Waals surface area contributed by atoms with Crippen LogP contribution in [0.3, 0.4) is 0 Å². The number of aliphatic hydroxyl groups excluding tert-OH is 1. The third kappa shape index (κ3) is 2.83. The lowest BCUT2D eigenvalue weighted by atomic mass is 9.86. The lowest BCUT2D eigenvalue weighted by Crippen LogP contribution is -2.57. The Balaban J connectivity index is 0.000000706. The second-order valence-corrected chi connectivity index (χ2v) is 6.40. The van der Waals surface area contributed by atoms with Crippen LogP contribution >= 0.6 is 0 Å². The van der Waals surface area contributed by atoms with Crippen LogP contribution in [-0.4, -0.2) is 52.6 Å². The first-order chi connectivity index (χ1) is 13.4. The molecule has 146 valence electrons. The van der Waals surface area contributed by atoms with Gasteiger partial charge >= 0.3 is 0 Å². The number of carbonyl (C=O) groups is 2. The van der Waals surface area contributed by atoms with Crippen LogP contribution in [-0.2, 0) is 15.2 Å². The molecular formula is C20H22N4O4. The summed E-state index contributed by atoms with van der Waals surface area (Å²) in [6.45, 7) is 1.93. The van der Waals surface area contributed by atoms with E-state index in [0.29, 0.717) is 16.9 Å². The number of hydrogen-bond acceptors (Lipinski definition) is 6. The summed E-state index contributed by atoms with van der Waals surface area (Å²) in [6, 6.07) is 14.7. The van der Waals surface area contributed by atoms with Crippen molar-refractivity contribution in [3.63, 3.8) is 0 Å². The number of aliphatic hydroxyl groups is 2. The minimum Gasteiger partial charge on any atom is -0.397 e. The fourth-order valence-electron chi connectivity index (χ4n) is 3.49. The molecule has 2 aromatic carbocycles. The molecule has 0 unspecified atom stereocenters. The van der Waals surface area contributed by atoms with E-state index in [4.69, 9.17) is 10.8 Å². The van der Waals surface area contributed by atoms with Crippen molar-refractivity contribution in [2.45, 2.75) is 18.6 Å². The predicted octanol–water partition coefficient (Wildman–Crippen LogP) is 0.706. The number of nitrogens with zero attached hydrogens (tertiary/aromatic N) is 3. The first-order valence-electron chi connectivity index (χ1n) is 8.81. The summed E-state index contributed by atoms with van der Waals surface area (Å²) in [6.07, 6.45) is 0. The van der Waals surface area contributed by atoms with Crippen LogP contribution in [0.5, 0.6) is 0 Å². The minimum atomic E-state index is -2.07. The average molecular weight is 382 g/mol. The van der Waals surface area contributed by atoms with Gasteiger partial charge in [-0.25, -0.2) is 0 Å². The third-order valence-electron chi connectivity index (χ3n) is 4.70. The first kappa shape index (κ1) is 19.5. The Morgan fingerprint density at radius 3 is 2.25 bits per heavy atom. The molecule has 2 amide bonds. The van der Waals surface area contributed by atoms with E-state index in [-0.39, 0.29) is 12.6 Å². The van der Waals surface area contributed by atoms with Gasteiger partial charge in [0.05, 0.1) is 5.69 Å². The van der Waals surface area contributed by atoms with Gasteiger partial charge in [-0.1, -0.05) is 36.4 Å². The fourth-order valence-corrected chi connectivity index (χ4v) is 3.49. The number of benzene rings is 2. The minimum absolute atomic E-state index is 0.0214. The number of nitrogens with two attached hydrogens (primary N) is 1. The molecular weight excluding hydrogens is 360 g/mol. The standard InChI is InChI=1S/C18H16N4O3.C2H6O/c1-21-14(15(23)20-17(21)19)18(25)12-9-5-6-10-13(12)22(16(18)24)11-7-3-2-4-8-11;1-2-3/h2-10,14,25H,1H3,(H2,19,20,23);3H,2H2,1H3/t14-,18-;/m0./s1. The van der Waals surface area contributed by atoms with E-state index in [1.165, 1.54) is 16.8 Å². The van der Waals surface area contributed by atoms with Crippen molar-refractivity contribution in [1.82, 2.24) is 4.90 Å². The topological polar surface area (TPSA) is 119 Å². The van der Waals surface area contributed by atoms with Crippen molar-refractivity contribution in [3.05, 3.63) is 60.2 Å². The molecule has 2 aliphatic rings. The lowest BCUT2D eigenvalue weighted by Gasteiger charge is -2.32. The molecule has 2 atom stereocenters. The molecule has 0 aromatic heterocycles. The highest BCUT2D eigenvalue weighted by Gasteiger charge is 2.60. The molecule has 0 bridgehead atoms. The normalized spacial score (nSPS) is 23.3. The van der Waals surface area contributed by atoms with Crippen molar-refractivity contribution >= 4 is 29.1 Å². The zero-order valence-corrected chi connectivity index (χ0v) is 15.6. The molecule has 4 rings (SSSR count). The van der Waals surface area contributed by atoms with Gasteiger partial charge in [0, 0.05) is 24.9 Å². The zero-order chi connectivity index (χ0) is 20.5. The van der Waals surface area contributed by atoms with Crippen LogP contribution in [0.25, 0.3) is 0 Å². The third-order valence-corrected chi connectivity index (χ3v) is 4.70. The van der Waals surface area contributed by atoms with Gasteiger partial charge in [0.2, 0.25) is 5.60 Å². The summed E-state index contributed by atoms with van der Waals surface area (Å²) >= 11 is 0. The summed E-state index contributed by atoms with van der Waals surface area (Å²) in [5.74, 6) is -1.26. The van der Waals surface area contributed by atoms with E-state index in [1.807, 2.05) is 6.07 Å². The number of fused-ring (bicyclic) bond motifs is 1. The van der Waals surface area contributed by atoms with Gasteiger partial charge in [0.15, 0.2) is 12.0 Å². The van der Waals surface area contributed by atoms with Crippen LogP contribution in [0.1, 0.15) is 12.5 Å². The number of para-hydroxylation sites is 2. The van der Waals surface area contributed by atoms with E-state index in [1.54, 1.807) is 55.5 Å². The van der Waals surface area contributed by atoms with Gasteiger partial charge in [-0.2, -0.15) is 4.99 Å². The van der Waals surface area contributed by atoms with E-state index >= 15 is 0 Å². The Morgan fingerprint density at radius 1 is 1.11 bits per heavy atom. The second-order valence-electron chi connectivity index (χ2n) is 6.40. The number of hydrogen-bond donors (Lipinski definition) is 3. The van der Waals surface area contributed by atoms with E-state index in [9.17, 15) is 14.7 Å². The number of anilines is 2. The molecule has 0 aliphatic carbocycles. The van der Waals surface area contributed by atoms with E-state index < -0.39 is 23.5 Å². The highest BCUT2D eigenvalue weighted by molar-refractivity contribution is 6.16. The number of carbonyl (C=O) groups excluding carboxylic acids is 2. The molecule has 0 saturated carbocycles. The molecule has 8 nitrogen and oxygen atoms in total. The van der Waals surface area contributed by atoms with Crippen molar-refractivity contribution in [1.29, 1.82) is 0 Å². The molecule has 0 spiro atoms. The summed E-state index contributed by atoms with van der Waals surface area (Å²) < 4.78 is 0. The van der Waals surface area contributed by atoms with Gasteiger partial charge in [-0.05, 0) is 25.1 Å². The Kier molecular flexibility index (Phi) is 5.17. The van der Waals surface area contributed by atoms with Gasteiger partial charge in [-0.3, -0.25) is 14.5 Å². The number of rotatable bonds is 2. The molecule has 8 heteroatoms. The monoisotopic (exact) mass is 382 g/mol. The summed E-state index contributed by atoms with van der Waals surface area (Å²) in [5, 5.41) is 19.0. The largest absolute Gasteiger partial charge is 0.397 e. The van der Waals surface area contributed by atoms with Crippen LogP contribution in [0.2, 0.25) is 0 Å². The fraction of sp³-hybridized carbons (Fsp3) is 0.250. The maximum atomic E-state index is 13.3. The predicted molar refractivity (Wildman–Crippen MR) is 105 cm³/mol. The molecule has 0 fully saturated rings. The molecule has 2 heterocycles. The van der Waals surface area contributed by atoms with Crippen LogP contribution in [0.4, 0.5) is 11.4 Å². The molecule has 4 N–H and O–H groups in total. The van der Waals surface area contributed by atoms with Crippen LogP contribution in [0, 0.1) is 0 Å². The number of amides is 2. The first-order valence-corrected chi connectivity index (χ1v) is 8.81. The summed E-state index contributed by atoms with van der Waals surface area (Å²) in [5.41, 5.74) is 5.15. The maximum Gasteiger partial charge on any atom is 0.275 e. The highest BCUT2D eigenvalue weighted by atomic mass is 16.3. The molecule has 2 aliphatic heterocycles. The second kappa shape index (κ2) is 7.41. The number of likely N-dealkylation sites (N-methyl/N-ethyl adjacent to an activating group) is 1. The van der Waals surface area contributed by atoms with E-state index in [2.05, 4.69) is 4.99 Å². The van der Waals surface area contributed by atoms with Crippen LogP contribution in [0.15, 0.2) is 59.6 Å². The SMILES string of the molecule is CCO.CN1C(N)=NC(=O)[C@H]1[C@]1(O)C(=O)N(c2ccccc2)c2ccccc21. The number of aliphatic imine (C=N–C) groups is 1. The van der Waals surface area contributed by atoms with E-state index in [0.717, 1.165) is 0 Å². The van der Waals surface area contributed by atoms with Crippen molar-refractivity contribution in [3.8, 4) is 0 Å². The Morgan fingerprint density at radius 2 is 1.68 bits per heavy atom. The average Bonchev–Trinajstić information content (AvgIpc) is 3.07. The summed E-state index contributed by atoms with van der Waals surface area (Å²) in [7, 11) is 1.54. The molecule has 2 aromatic rings. The van der Waals surface area contributed by atoms with Gasteiger partial charge < -0.3 is 20.8 Å². The zero-order valence-electron chi connectivity index (χ0n) is 15.6. The van der Waals surface area contributed by atoms with Crippen molar-refractivity contribution in [2.24, 2.45) is 10.7 Å². The quantitative estimate of drug-likeness (QED) is 0.704. The Labute approximate surface area is 162 Å². The van der Waals surface area contributed by atoms with Gasteiger partial charge in [-0.15, -0.1) is 0 Å². The van der Waals surface area contributed by atoms with Gasteiger partial charge in [0.1, 0.15) is 0 Å². The maximum absolute atomic E-state index is 13.3. The summed E-state index contributed by atoms with van der Waals surface area (Å²) in [4.78, 5) is 32.1. The van der Waals surface area contributed by atoms with Crippen molar-refractivity contribution < 1.29 is 19.8 Å².